The summed E-state index contributed by atoms with van der Waals surface area (Å²) in [4.78, 5) is 0. The van der Waals surface area contributed by atoms with Crippen LogP contribution < -0.4 is 10.4 Å². The first-order valence-electron chi connectivity index (χ1n) is 12.5. The minimum absolute atomic E-state index is 0.250. The molecule has 0 spiro atoms. The number of alkyl halides is 12. The lowest BCUT2D eigenvalue weighted by Gasteiger charge is -2.18. The summed E-state index contributed by atoms with van der Waals surface area (Å²) in [5, 5.41) is 66.7. The van der Waals surface area contributed by atoms with E-state index in [1.165, 1.54) is 36.4 Å². The van der Waals surface area contributed by atoms with Gasteiger partial charge in [0.05, 0.1) is 79.4 Å². The lowest BCUT2D eigenvalue weighted by atomic mass is 9.87. The molecule has 0 saturated carbocycles. The summed E-state index contributed by atoms with van der Waals surface area (Å²) in [6.07, 6.45) is -22.9. The van der Waals surface area contributed by atoms with Gasteiger partial charge < -0.3 is 0 Å². The normalized spacial score (nSPS) is 12.9. The van der Waals surface area contributed by atoms with Gasteiger partial charge in [0.25, 0.3) is 0 Å². The van der Waals surface area contributed by atoms with Crippen molar-refractivity contribution >= 4 is 11.1 Å². The van der Waals surface area contributed by atoms with Crippen LogP contribution in [0.25, 0.3) is 11.1 Å². The molecule has 0 N–H and O–H groups in total. The molecule has 0 aliphatic carbocycles. The maximum absolute atomic E-state index is 13.8. The Morgan fingerprint density at radius 2 is 0.740 bits per heavy atom. The number of rotatable bonds is 2. The lowest BCUT2D eigenvalue weighted by Crippen LogP contribution is -2.27. The number of nitrogens with zero attached hydrogens (tertiary/aromatic N) is 7. The number of hydrogen-bond acceptors (Lipinski definition) is 7. The molecule has 0 aromatic heterocycles. The van der Waals surface area contributed by atoms with E-state index in [2.05, 4.69) is 0 Å². The summed E-state index contributed by atoms with van der Waals surface area (Å²) in [6, 6.07) is 8.26. The molecule has 3 rings (SSSR count). The Morgan fingerprint density at radius 3 is 1.04 bits per heavy atom. The highest BCUT2D eigenvalue weighted by molar-refractivity contribution is 5.85. The van der Waals surface area contributed by atoms with Crippen molar-refractivity contribution in [2.75, 3.05) is 0 Å². The third-order valence-electron chi connectivity index (χ3n) is 6.73. The average Bonchev–Trinajstić information content (AvgIpc) is 3.02. The van der Waals surface area contributed by atoms with Crippen molar-refractivity contribution < 1.29 is 52.7 Å². The van der Waals surface area contributed by atoms with Crippen LogP contribution in [-0.4, -0.2) is 0 Å². The standard InChI is InChI=1S/C31H5F12N7/c32-28(33,34)23-2-13(6-44)16(4-25(23)30(38,39)40)19(9-47)18-1-15(8-46)27(22(12-50)20(18)10-48)21(11-49)17-5-26(31(41,42)43)24(29(35,36)37)3-14(17)7-45/h1-5H/b19-18-,27-21-. The van der Waals surface area contributed by atoms with Crippen molar-refractivity contribution in [3.63, 3.8) is 0 Å². The molecule has 50 heavy (non-hydrogen) atoms. The van der Waals surface area contributed by atoms with Crippen molar-refractivity contribution in [2.45, 2.75) is 24.7 Å². The second kappa shape index (κ2) is 12.9. The first-order chi connectivity index (χ1) is 23.0. The monoisotopic (exact) mass is 703 g/mol. The molecule has 0 saturated heterocycles. The fourth-order valence-electron chi connectivity index (χ4n) is 4.71. The highest BCUT2D eigenvalue weighted by atomic mass is 19.4. The fourth-order valence-corrected chi connectivity index (χ4v) is 4.71. The summed E-state index contributed by atoms with van der Waals surface area (Å²) < 4.78 is 164. The maximum Gasteiger partial charge on any atom is 0.417 e. The fraction of sp³-hybridized carbons (Fsp3) is 0.129. The molecule has 0 aliphatic heterocycles. The largest absolute Gasteiger partial charge is 0.417 e. The molecule has 248 valence electrons. The minimum atomic E-state index is -5.77. The molecular weight excluding hydrogens is 698 g/mol. The number of hydrogen-bond donors (Lipinski definition) is 0. The molecule has 0 amide bonds. The van der Waals surface area contributed by atoms with Crippen LogP contribution in [0, 0.1) is 79.3 Å². The van der Waals surface area contributed by atoms with Crippen LogP contribution in [-0.2, 0) is 24.7 Å². The van der Waals surface area contributed by atoms with Gasteiger partial charge in [0.1, 0.15) is 24.3 Å². The van der Waals surface area contributed by atoms with Gasteiger partial charge in [0, 0.05) is 21.6 Å². The SMILES string of the molecule is N#C/C(c1cc(C(F)(F)F)c(C(F)(F)F)cc1C#N)=c1\cc(C#N)/c(=C(\C#N)c2cc(C(F)(F)F)c(C(F)(F)F)cc2C#N)c(C#N)c1C#N. The summed E-state index contributed by atoms with van der Waals surface area (Å²) >= 11 is 0. The van der Waals surface area contributed by atoms with Crippen LogP contribution >= 0.6 is 0 Å². The minimum Gasteiger partial charge on any atom is -0.192 e. The second-order valence-corrected chi connectivity index (χ2v) is 9.51. The van der Waals surface area contributed by atoms with Crippen molar-refractivity contribution in [3.05, 3.63) is 102 Å². The topological polar surface area (TPSA) is 167 Å². The molecular formula is C31H5F12N7. The first-order valence-corrected chi connectivity index (χ1v) is 12.5. The van der Waals surface area contributed by atoms with Crippen LogP contribution in [0.15, 0.2) is 30.3 Å². The maximum atomic E-state index is 13.8. The molecule has 0 radical (unpaired) electrons. The van der Waals surface area contributed by atoms with Crippen molar-refractivity contribution in [1.82, 2.24) is 0 Å². The molecule has 0 fully saturated rings. The Kier molecular flexibility index (Phi) is 9.65. The van der Waals surface area contributed by atoms with E-state index in [0.717, 1.165) is 6.07 Å². The molecule has 0 aliphatic rings. The van der Waals surface area contributed by atoms with Crippen LogP contribution in [0.2, 0.25) is 0 Å². The first kappa shape index (κ1) is 37.4. The summed E-state index contributed by atoms with van der Waals surface area (Å²) in [6.45, 7) is 0. The van der Waals surface area contributed by atoms with Gasteiger partial charge in [-0.1, -0.05) is 0 Å². The van der Waals surface area contributed by atoms with Gasteiger partial charge in [-0.3, -0.25) is 0 Å². The third-order valence-corrected chi connectivity index (χ3v) is 6.73. The van der Waals surface area contributed by atoms with Crippen molar-refractivity contribution in [2.24, 2.45) is 0 Å². The molecule has 0 atom stereocenters. The van der Waals surface area contributed by atoms with Gasteiger partial charge in [0.2, 0.25) is 0 Å². The van der Waals surface area contributed by atoms with Crippen LogP contribution in [0.4, 0.5) is 52.7 Å². The summed E-state index contributed by atoms with van der Waals surface area (Å²) in [5.74, 6) is 0. The zero-order chi connectivity index (χ0) is 38.1. The second-order valence-electron chi connectivity index (χ2n) is 9.51. The smallest absolute Gasteiger partial charge is 0.192 e. The van der Waals surface area contributed by atoms with E-state index in [0.29, 0.717) is 6.07 Å². The van der Waals surface area contributed by atoms with Gasteiger partial charge in [-0.15, -0.1) is 0 Å². The Labute approximate surface area is 270 Å². The zero-order valence-corrected chi connectivity index (χ0v) is 23.6. The molecule has 3 aromatic carbocycles. The van der Waals surface area contributed by atoms with Crippen LogP contribution in [0.3, 0.4) is 0 Å². The van der Waals surface area contributed by atoms with Gasteiger partial charge in [-0.05, 0) is 30.3 Å². The molecule has 19 heteroatoms. The number of nitriles is 7. The average molecular weight is 703 g/mol. The van der Waals surface area contributed by atoms with Gasteiger partial charge in [-0.25, -0.2) is 0 Å². The van der Waals surface area contributed by atoms with Crippen LogP contribution in [0.5, 0.6) is 0 Å². The van der Waals surface area contributed by atoms with Gasteiger partial charge in [0.15, 0.2) is 0 Å². The quantitative estimate of drug-likeness (QED) is 0.272. The van der Waals surface area contributed by atoms with E-state index in [9.17, 15) is 89.5 Å². The summed E-state index contributed by atoms with van der Waals surface area (Å²) in [5.41, 5.74) is -20.1. The Morgan fingerprint density at radius 1 is 0.400 bits per heavy atom. The van der Waals surface area contributed by atoms with E-state index in [-0.39, 0.29) is 24.3 Å². The zero-order valence-electron chi connectivity index (χ0n) is 23.6. The lowest BCUT2D eigenvalue weighted by molar-refractivity contribution is -0.162. The highest BCUT2D eigenvalue weighted by Crippen LogP contribution is 2.44. The Bertz CT molecular complexity index is 2400. The highest BCUT2D eigenvalue weighted by Gasteiger charge is 2.45. The van der Waals surface area contributed by atoms with Crippen molar-refractivity contribution in [1.29, 1.82) is 36.8 Å². The predicted octanol–water partition coefficient (Wildman–Crippen LogP) is 6.57. The van der Waals surface area contributed by atoms with Crippen molar-refractivity contribution in [3.8, 4) is 42.5 Å². The third kappa shape index (κ3) is 6.69. The molecule has 7 nitrogen and oxygen atoms in total. The van der Waals surface area contributed by atoms with Gasteiger partial charge in [-0.2, -0.15) is 89.5 Å². The van der Waals surface area contributed by atoms with E-state index >= 15 is 0 Å². The molecule has 0 unspecified atom stereocenters. The number of halogens is 12. The van der Waals surface area contributed by atoms with E-state index in [4.69, 9.17) is 0 Å². The molecule has 3 aromatic rings. The van der Waals surface area contributed by atoms with Crippen LogP contribution in [0.1, 0.15) is 61.2 Å². The number of benzene rings is 3. The Balaban J connectivity index is 2.78. The van der Waals surface area contributed by atoms with Gasteiger partial charge >= 0.3 is 24.7 Å². The van der Waals surface area contributed by atoms with E-state index in [1.54, 1.807) is 0 Å². The molecule has 0 bridgehead atoms. The van der Waals surface area contributed by atoms with E-state index < -0.39 is 107 Å². The van der Waals surface area contributed by atoms with E-state index in [1.807, 2.05) is 0 Å². The Hall–Kier alpha value is -7.01. The predicted molar refractivity (Wildman–Crippen MR) is 138 cm³/mol. The molecule has 0 heterocycles. The summed E-state index contributed by atoms with van der Waals surface area (Å²) in [7, 11) is 0.